The SMILES string of the molecule is CCc1cc(-c2nc3ccc(O)cc3s2)ccc1N. The van der Waals surface area contributed by atoms with Gasteiger partial charge in [-0.2, -0.15) is 0 Å². The minimum Gasteiger partial charge on any atom is -0.508 e. The third kappa shape index (κ3) is 2.15. The van der Waals surface area contributed by atoms with E-state index in [0.717, 1.165) is 38.5 Å². The van der Waals surface area contributed by atoms with Crippen LogP contribution in [-0.4, -0.2) is 10.1 Å². The normalized spacial score (nSPS) is 11.0. The number of phenolic OH excluding ortho intramolecular Hbond substituents is 1. The summed E-state index contributed by atoms with van der Waals surface area (Å²) in [5, 5.41) is 10.4. The standard InChI is InChI=1S/C15H14N2OS/c1-2-9-7-10(3-5-12(9)16)15-17-13-6-4-11(18)8-14(13)19-15/h3-8,18H,2,16H2,1H3. The van der Waals surface area contributed by atoms with Gasteiger partial charge in [0.05, 0.1) is 10.2 Å². The minimum absolute atomic E-state index is 0.272. The summed E-state index contributed by atoms with van der Waals surface area (Å²) in [7, 11) is 0. The predicted octanol–water partition coefficient (Wildman–Crippen LogP) is 3.81. The molecule has 3 N–H and O–H groups in total. The number of anilines is 1. The molecule has 1 heterocycles. The van der Waals surface area contributed by atoms with Gasteiger partial charge in [0.2, 0.25) is 0 Å². The molecule has 0 fully saturated rings. The second kappa shape index (κ2) is 4.55. The van der Waals surface area contributed by atoms with Gasteiger partial charge in [-0.05, 0) is 48.4 Å². The highest BCUT2D eigenvalue weighted by molar-refractivity contribution is 7.21. The summed E-state index contributed by atoms with van der Waals surface area (Å²) in [6.45, 7) is 2.09. The van der Waals surface area contributed by atoms with E-state index in [1.807, 2.05) is 18.2 Å². The summed E-state index contributed by atoms with van der Waals surface area (Å²) in [6, 6.07) is 11.3. The minimum atomic E-state index is 0.272. The monoisotopic (exact) mass is 270 g/mol. The fourth-order valence-electron chi connectivity index (χ4n) is 2.08. The van der Waals surface area contributed by atoms with Crippen LogP contribution in [0.3, 0.4) is 0 Å². The molecule has 3 aromatic rings. The molecule has 0 spiro atoms. The number of phenols is 1. The Morgan fingerprint density at radius 2 is 2.05 bits per heavy atom. The van der Waals surface area contributed by atoms with Crippen LogP contribution in [0.25, 0.3) is 20.8 Å². The van der Waals surface area contributed by atoms with E-state index < -0.39 is 0 Å². The first-order valence-electron chi connectivity index (χ1n) is 6.15. The number of nitrogens with two attached hydrogens (primary N) is 1. The highest BCUT2D eigenvalue weighted by Gasteiger charge is 2.08. The van der Waals surface area contributed by atoms with Gasteiger partial charge in [-0.1, -0.05) is 6.92 Å². The van der Waals surface area contributed by atoms with Gasteiger partial charge in [0.1, 0.15) is 10.8 Å². The van der Waals surface area contributed by atoms with Gasteiger partial charge in [0.25, 0.3) is 0 Å². The van der Waals surface area contributed by atoms with Crippen LogP contribution in [-0.2, 0) is 6.42 Å². The number of aryl methyl sites for hydroxylation is 1. The lowest BCUT2D eigenvalue weighted by atomic mass is 10.1. The molecule has 0 atom stereocenters. The third-order valence-electron chi connectivity index (χ3n) is 3.14. The van der Waals surface area contributed by atoms with Gasteiger partial charge in [-0.15, -0.1) is 11.3 Å². The Bertz CT molecular complexity index is 749. The van der Waals surface area contributed by atoms with Crippen LogP contribution in [0.5, 0.6) is 5.75 Å². The Morgan fingerprint density at radius 3 is 2.84 bits per heavy atom. The fourth-order valence-corrected chi connectivity index (χ4v) is 3.08. The maximum absolute atomic E-state index is 9.49. The summed E-state index contributed by atoms with van der Waals surface area (Å²) in [6.07, 6.45) is 0.908. The van der Waals surface area contributed by atoms with Crippen molar-refractivity contribution in [2.24, 2.45) is 0 Å². The average Bonchev–Trinajstić information content (AvgIpc) is 2.82. The molecule has 0 saturated heterocycles. The molecule has 1 aromatic heterocycles. The molecule has 96 valence electrons. The van der Waals surface area contributed by atoms with Crippen molar-refractivity contribution in [2.75, 3.05) is 5.73 Å². The Balaban J connectivity index is 2.13. The maximum atomic E-state index is 9.49. The average molecular weight is 270 g/mol. The molecule has 4 heteroatoms. The van der Waals surface area contributed by atoms with Crippen molar-refractivity contribution in [1.29, 1.82) is 0 Å². The molecule has 0 aliphatic heterocycles. The van der Waals surface area contributed by atoms with Crippen molar-refractivity contribution in [3.63, 3.8) is 0 Å². The number of aromatic hydroxyl groups is 1. The topological polar surface area (TPSA) is 59.1 Å². The van der Waals surface area contributed by atoms with E-state index >= 15 is 0 Å². The zero-order valence-corrected chi connectivity index (χ0v) is 11.4. The van der Waals surface area contributed by atoms with Gasteiger partial charge >= 0.3 is 0 Å². The van der Waals surface area contributed by atoms with Crippen LogP contribution in [0, 0.1) is 0 Å². The van der Waals surface area contributed by atoms with E-state index in [2.05, 4.69) is 18.0 Å². The van der Waals surface area contributed by atoms with Crippen molar-refractivity contribution in [1.82, 2.24) is 4.98 Å². The summed E-state index contributed by atoms with van der Waals surface area (Å²) >= 11 is 1.58. The summed E-state index contributed by atoms with van der Waals surface area (Å²) in [5.41, 5.74) is 9.87. The molecular weight excluding hydrogens is 256 g/mol. The van der Waals surface area contributed by atoms with Crippen LogP contribution in [0.15, 0.2) is 36.4 Å². The quantitative estimate of drug-likeness (QED) is 0.696. The summed E-state index contributed by atoms with van der Waals surface area (Å²) in [5.74, 6) is 0.272. The first kappa shape index (κ1) is 12.0. The van der Waals surface area contributed by atoms with Gasteiger partial charge in [0, 0.05) is 11.3 Å². The number of rotatable bonds is 2. The number of benzene rings is 2. The first-order valence-corrected chi connectivity index (χ1v) is 6.97. The van der Waals surface area contributed by atoms with Gasteiger partial charge in [-0.3, -0.25) is 0 Å². The molecule has 0 aliphatic carbocycles. The molecule has 0 bridgehead atoms. The van der Waals surface area contributed by atoms with Crippen molar-refractivity contribution in [3.8, 4) is 16.3 Å². The van der Waals surface area contributed by atoms with E-state index in [0.29, 0.717) is 0 Å². The first-order chi connectivity index (χ1) is 9.17. The fraction of sp³-hybridized carbons (Fsp3) is 0.133. The molecule has 0 amide bonds. The van der Waals surface area contributed by atoms with Crippen molar-refractivity contribution < 1.29 is 5.11 Å². The zero-order valence-electron chi connectivity index (χ0n) is 10.6. The molecule has 0 unspecified atom stereocenters. The molecule has 19 heavy (non-hydrogen) atoms. The predicted molar refractivity (Wildman–Crippen MR) is 80.5 cm³/mol. The summed E-state index contributed by atoms with van der Waals surface area (Å²) in [4.78, 5) is 4.60. The van der Waals surface area contributed by atoms with Crippen molar-refractivity contribution in [3.05, 3.63) is 42.0 Å². The number of aromatic nitrogens is 1. The van der Waals surface area contributed by atoms with Gasteiger partial charge in [0.15, 0.2) is 0 Å². The zero-order chi connectivity index (χ0) is 13.4. The molecule has 0 radical (unpaired) electrons. The Hall–Kier alpha value is -2.07. The second-order valence-electron chi connectivity index (χ2n) is 4.44. The number of thiazole rings is 1. The third-order valence-corrected chi connectivity index (χ3v) is 4.21. The Labute approximate surface area is 115 Å². The Morgan fingerprint density at radius 1 is 1.21 bits per heavy atom. The molecule has 3 rings (SSSR count). The molecular formula is C15H14N2OS. The molecule has 0 saturated carbocycles. The van der Waals surface area contributed by atoms with Crippen molar-refractivity contribution >= 4 is 27.2 Å². The maximum Gasteiger partial charge on any atom is 0.124 e. The lowest BCUT2D eigenvalue weighted by Gasteiger charge is -2.04. The molecule has 0 aliphatic rings. The highest BCUT2D eigenvalue weighted by Crippen LogP contribution is 2.33. The number of fused-ring (bicyclic) bond motifs is 1. The van der Waals surface area contributed by atoms with Crippen molar-refractivity contribution in [2.45, 2.75) is 13.3 Å². The molecule has 2 aromatic carbocycles. The van der Waals surface area contributed by atoms with E-state index in [9.17, 15) is 5.11 Å². The Kier molecular flexibility index (Phi) is 2.87. The van der Waals surface area contributed by atoms with E-state index in [1.54, 1.807) is 23.5 Å². The number of nitrogens with zero attached hydrogens (tertiary/aromatic N) is 1. The molecule has 3 nitrogen and oxygen atoms in total. The number of hydrogen-bond donors (Lipinski definition) is 2. The van der Waals surface area contributed by atoms with Crippen LogP contribution in [0.4, 0.5) is 5.69 Å². The van der Waals surface area contributed by atoms with E-state index in [4.69, 9.17) is 5.73 Å². The number of hydrogen-bond acceptors (Lipinski definition) is 4. The van der Waals surface area contributed by atoms with Crippen LogP contribution in [0.2, 0.25) is 0 Å². The van der Waals surface area contributed by atoms with Gasteiger partial charge in [-0.25, -0.2) is 4.98 Å². The summed E-state index contributed by atoms with van der Waals surface area (Å²) < 4.78 is 0.991. The smallest absolute Gasteiger partial charge is 0.124 e. The van der Waals surface area contributed by atoms with Crippen LogP contribution >= 0.6 is 11.3 Å². The lowest BCUT2D eigenvalue weighted by Crippen LogP contribution is -1.92. The van der Waals surface area contributed by atoms with Gasteiger partial charge < -0.3 is 10.8 Å². The highest BCUT2D eigenvalue weighted by atomic mass is 32.1. The van der Waals surface area contributed by atoms with E-state index in [-0.39, 0.29) is 5.75 Å². The second-order valence-corrected chi connectivity index (χ2v) is 5.47. The lowest BCUT2D eigenvalue weighted by molar-refractivity contribution is 0.476. The van der Waals surface area contributed by atoms with Crippen LogP contribution < -0.4 is 5.73 Å². The van der Waals surface area contributed by atoms with Crippen LogP contribution in [0.1, 0.15) is 12.5 Å². The largest absolute Gasteiger partial charge is 0.508 e. The van der Waals surface area contributed by atoms with E-state index in [1.165, 1.54) is 0 Å². The number of nitrogen functional groups attached to an aromatic ring is 1.